The molecule has 1 aliphatic heterocycles. The van der Waals surface area contributed by atoms with Gasteiger partial charge < -0.3 is 9.64 Å². The number of aryl methyl sites for hydroxylation is 2. The van der Waals surface area contributed by atoms with E-state index < -0.39 is 0 Å². The van der Waals surface area contributed by atoms with Crippen LogP contribution in [0.25, 0.3) is 10.9 Å². The molecule has 6 heteroatoms. The number of hydrogen-bond donors (Lipinski definition) is 0. The molecule has 0 unspecified atom stereocenters. The van der Waals surface area contributed by atoms with E-state index in [1.54, 1.807) is 20.2 Å². The Kier molecular flexibility index (Phi) is 3.67. The number of benzene rings is 1. The van der Waals surface area contributed by atoms with Crippen molar-refractivity contribution in [3.05, 3.63) is 57.6 Å². The first-order valence-corrected chi connectivity index (χ1v) is 8.32. The maximum absolute atomic E-state index is 11.9. The van der Waals surface area contributed by atoms with Crippen molar-refractivity contribution in [3.8, 4) is 5.75 Å². The van der Waals surface area contributed by atoms with Crippen LogP contribution < -0.4 is 15.2 Å². The summed E-state index contributed by atoms with van der Waals surface area (Å²) in [7, 11) is 3.36. The van der Waals surface area contributed by atoms with Gasteiger partial charge in [0.15, 0.2) is 0 Å². The zero-order valence-electron chi connectivity index (χ0n) is 14.6. The number of nitrogens with zero attached hydrogens (tertiary/aromatic N) is 4. The first-order chi connectivity index (χ1) is 12.1. The Labute approximate surface area is 145 Å². The number of para-hydroxylation sites is 1. The van der Waals surface area contributed by atoms with Crippen molar-refractivity contribution in [2.75, 3.05) is 18.6 Å². The smallest absolute Gasteiger partial charge is 0.266 e. The maximum Gasteiger partial charge on any atom is 0.266 e. The second-order valence-corrected chi connectivity index (χ2v) is 6.39. The molecule has 6 nitrogen and oxygen atoms in total. The highest BCUT2D eigenvalue weighted by Crippen LogP contribution is 2.34. The molecule has 4 rings (SSSR count). The van der Waals surface area contributed by atoms with Crippen LogP contribution in [0.5, 0.6) is 5.75 Å². The van der Waals surface area contributed by atoms with Crippen molar-refractivity contribution in [2.45, 2.75) is 19.9 Å². The third-order valence-corrected chi connectivity index (χ3v) is 4.71. The lowest BCUT2D eigenvalue weighted by Crippen LogP contribution is -2.34. The quantitative estimate of drug-likeness (QED) is 0.718. The zero-order chi connectivity index (χ0) is 17.6. The van der Waals surface area contributed by atoms with Crippen LogP contribution in [0.2, 0.25) is 0 Å². The van der Waals surface area contributed by atoms with Crippen LogP contribution >= 0.6 is 0 Å². The summed E-state index contributed by atoms with van der Waals surface area (Å²) in [5, 5.41) is 5.45. The SMILES string of the molecule is COc1cccc2c(N3CCc4nn(C)c(=O)cc4C3)cc(C)nc12. The Morgan fingerprint density at radius 3 is 2.88 bits per heavy atom. The molecule has 0 N–H and O–H groups in total. The monoisotopic (exact) mass is 336 g/mol. The van der Waals surface area contributed by atoms with Crippen LogP contribution in [0.1, 0.15) is 17.0 Å². The van der Waals surface area contributed by atoms with E-state index in [4.69, 9.17) is 4.74 Å². The molecule has 1 aliphatic rings. The normalized spacial score (nSPS) is 13.8. The molecule has 0 saturated heterocycles. The van der Waals surface area contributed by atoms with Gasteiger partial charge in [-0.2, -0.15) is 5.10 Å². The third kappa shape index (κ3) is 2.63. The molecular weight excluding hydrogens is 316 g/mol. The average Bonchev–Trinajstić information content (AvgIpc) is 2.61. The number of methoxy groups -OCH3 is 1. The molecule has 0 saturated carbocycles. The summed E-state index contributed by atoms with van der Waals surface area (Å²) in [6, 6.07) is 9.78. The van der Waals surface area contributed by atoms with E-state index in [9.17, 15) is 4.79 Å². The third-order valence-electron chi connectivity index (χ3n) is 4.71. The van der Waals surface area contributed by atoms with Crippen LogP contribution in [-0.4, -0.2) is 28.4 Å². The van der Waals surface area contributed by atoms with E-state index >= 15 is 0 Å². The molecule has 0 radical (unpaired) electrons. The maximum atomic E-state index is 11.9. The van der Waals surface area contributed by atoms with Crippen LogP contribution in [0.4, 0.5) is 5.69 Å². The van der Waals surface area contributed by atoms with E-state index in [0.29, 0.717) is 6.54 Å². The molecular formula is C19H20N4O2. The lowest BCUT2D eigenvalue weighted by molar-refractivity contribution is 0.419. The minimum atomic E-state index is -0.0713. The van der Waals surface area contributed by atoms with Gasteiger partial charge in [0.1, 0.15) is 11.3 Å². The summed E-state index contributed by atoms with van der Waals surface area (Å²) in [4.78, 5) is 18.9. The summed E-state index contributed by atoms with van der Waals surface area (Å²) >= 11 is 0. The summed E-state index contributed by atoms with van der Waals surface area (Å²) in [5.74, 6) is 0.774. The Morgan fingerprint density at radius 1 is 1.24 bits per heavy atom. The minimum Gasteiger partial charge on any atom is -0.494 e. The van der Waals surface area contributed by atoms with Gasteiger partial charge in [0, 0.05) is 55.0 Å². The molecule has 0 bridgehead atoms. The number of aromatic nitrogens is 3. The van der Waals surface area contributed by atoms with Crippen molar-refractivity contribution in [3.63, 3.8) is 0 Å². The fourth-order valence-electron chi connectivity index (χ4n) is 3.45. The number of hydrogen-bond acceptors (Lipinski definition) is 5. The van der Waals surface area contributed by atoms with Gasteiger partial charge >= 0.3 is 0 Å². The number of fused-ring (bicyclic) bond motifs is 2. The van der Waals surface area contributed by atoms with Gasteiger partial charge in [-0.3, -0.25) is 4.79 Å². The van der Waals surface area contributed by atoms with Gasteiger partial charge in [0.2, 0.25) is 0 Å². The van der Waals surface area contributed by atoms with Gasteiger partial charge in [-0.05, 0) is 19.1 Å². The largest absolute Gasteiger partial charge is 0.494 e. The van der Waals surface area contributed by atoms with Gasteiger partial charge in [-0.1, -0.05) is 12.1 Å². The highest BCUT2D eigenvalue weighted by Gasteiger charge is 2.21. The Morgan fingerprint density at radius 2 is 2.08 bits per heavy atom. The standard InChI is InChI=1S/C19H20N4O2/c1-12-9-16(14-5-4-6-17(25-3)19(14)20-12)23-8-7-15-13(11-23)10-18(24)22(2)21-15/h4-6,9-10H,7-8,11H2,1-3H3. The van der Waals surface area contributed by atoms with Crippen LogP contribution in [0.3, 0.4) is 0 Å². The molecule has 0 amide bonds. The Balaban J connectivity index is 1.83. The number of rotatable bonds is 2. The van der Waals surface area contributed by atoms with Crippen molar-refractivity contribution in [1.29, 1.82) is 0 Å². The number of anilines is 1. The summed E-state index contributed by atoms with van der Waals surface area (Å²) in [6.45, 7) is 3.52. The molecule has 0 aliphatic carbocycles. The predicted octanol–water partition coefficient (Wildman–Crippen LogP) is 2.21. The lowest BCUT2D eigenvalue weighted by atomic mass is 10.0. The fourth-order valence-corrected chi connectivity index (χ4v) is 3.45. The average molecular weight is 336 g/mol. The van der Waals surface area contributed by atoms with Gasteiger partial charge in [0.05, 0.1) is 12.8 Å². The Bertz CT molecular complexity index is 1030. The Hall–Kier alpha value is -2.89. The molecule has 0 spiro atoms. The topological polar surface area (TPSA) is 60.2 Å². The number of pyridine rings is 1. The summed E-state index contributed by atoms with van der Waals surface area (Å²) < 4.78 is 6.88. The lowest BCUT2D eigenvalue weighted by Gasteiger charge is -2.31. The minimum absolute atomic E-state index is 0.0713. The van der Waals surface area contributed by atoms with Crippen LogP contribution in [0, 0.1) is 6.92 Å². The first kappa shape index (κ1) is 15.6. The highest BCUT2D eigenvalue weighted by atomic mass is 16.5. The van der Waals surface area contributed by atoms with E-state index in [0.717, 1.165) is 52.3 Å². The zero-order valence-corrected chi connectivity index (χ0v) is 14.6. The van der Waals surface area contributed by atoms with E-state index in [-0.39, 0.29) is 5.56 Å². The number of ether oxygens (including phenoxy) is 1. The van der Waals surface area contributed by atoms with E-state index in [1.165, 1.54) is 4.68 Å². The summed E-state index contributed by atoms with van der Waals surface area (Å²) in [5.41, 5.74) is 4.87. The molecule has 0 atom stereocenters. The molecule has 25 heavy (non-hydrogen) atoms. The molecule has 2 aromatic heterocycles. The molecule has 128 valence electrons. The fraction of sp³-hybridized carbons (Fsp3) is 0.316. The molecule has 3 heterocycles. The van der Waals surface area contributed by atoms with Crippen molar-refractivity contribution in [1.82, 2.24) is 14.8 Å². The van der Waals surface area contributed by atoms with Gasteiger partial charge in [-0.15, -0.1) is 0 Å². The second-order valence-electron chi connectivity index (χ2n) is 6.39. The first-order valence-electron chi connectivity index (χ1n) is 8.32. The van der Waals surface area contributed by atoms with Crippen LogP contribution in [-0.2, 0) is 20.0 Å². The van der Waals surface area contributed by atoms with Gasteiger partial charge in [-0.25, -0.2) is 9.67 Å². The summed E-state index contributed by atoms with van der Waals surface area (Å²) in [6.07, 6.45) is 0.816. The second kappa shape index (κ2) is 5.88. The predicted molar refractivity (Wildman–Crippen MR) is 97.3 cm³/mol. The van der Waals surface area contributed by atoms with Crippen molar-refractivity contribution < 1.29 is 4.74 Å². The molecule has 3 aromatic rings. The van der Waals surface area contributed by atoms with Gasteiger partial charge in [0.25, 0.3) is 5.56 Å². The highest BCUT2D eigenvalue weighted by molar-refractivity contribution is 5.95. The molecule has 1 aromatic carbocycles. The van der Waals surface area contributed by atoms with Crippen molar-refractivity contribution >= 4 is 16.6 Å². The van der Waals surface area contributed by atoms with Crippen molar-refractivity contribution in [2.24, 2.45) is 7.05 Å². The van der Waals surface area contributed by atoms with Crippen LogP contribution in [0.15, 0.2) is 35.1 Å². The van der Waals surface area contributed by atoms with E-state index in [1.807, 2.05) is 19.1 Å². The van der Waals surface area contributed by atoms with E-state index in [2.05, 4.69) is 27.1 Å². The molecule has 0 fully saturated rings.